The van der Waals surface area contributed by atoms with Crippen LogP contribution in [0, 0.1) is 13.8 Å². The van der Waals surface area contributed by atoms with Gasteiger partial charge in [-0.3, -0.25) is 9.48 Å². The molecule has 1 atom stereocenters. The molecule has 0 saturated heterocycles. The van der Waals surface area contributed by atoms with E-state index in [-0.39, 0.29) is 0 Å². The van der Waals surface area contributed by atoms with Gasteiger partial charge >= 0.3 is 5.97 Å². The SMILES string of the molecule is Cc1nn(CCCC(C)(N)C(=O)O)c(C)c1Br. The third-order valence-corrected chi connectivity index (χ3v) is 4.00. The standard InChI is InChI=1S/C11H18BrN3O2/c1-7-9(12)8(2)15(14-7)6-4-5-11(3,13)10(16)17/h4-6,13H2,1-3H3,(H,16,17). The summed E-state index contributed by atoms with van der Waals surface area (Å²) < 4.78 is 2.88. The molecule has 96 valence electrons. The Kier molecular flexibility index (Phi) is 4.32. The molecule has 1 aromatic heterocycles. The first-order valence-electron chi connectivity index (χ1n) is 5.47. The average Bonchev–Trinajstić information content (AvgIpc) is 2.46. The van der Waals surface area contributed by atoms with Crippen LogP contribution in [0.4, 0.5) is 0 Å². The van der Waals surface area contributed by atoms with Crippen LogP contribution in [0.3, 0.4) is 0 Å². The minimum atomic E-state index is -1.16. The number of aliphatic carboxylic acids is 1. The minimum Gasteiger partial charge on any atom is -0.480 e. The molecular weight excluding hydrogens is 286 g/mol. The van der Waals surface area contributed by atoms with Gasteiger partial charge < -0.3 is 10.8 Å². The van der Waals surface area contributed by atoms with E-state index in [0.717, 1.165) is 15.9 Å². The van der Waals surface area contributed by atoms with Gasteiger partial charge in [-0.05, 0) is 49.5 Å². The van der Waals surface area contributed by atoms with E-state index < -0.39 is 11.5 Å². The topological polar surface area (TPSA) is 81.1 Å². The molecule has 0 aromatic carbocycles. The Morgan fingerprint density at radius 3 is 2.59 bits per heavy atom. The fourth-order valence-corrected chi connectivity index (χ4v) is 1.88. The van der Waals surface area contributed by atoms with E-state index in [4.69, 9.17) is 10.8 Å². The van der Waals surface area contributed by atoms with E-state index in [0.29, 0.717) is 19.4 Å². The molecule has 0 aliphatic heterocycles. The van der Waals surface area contributed by atoms with Crippen molar-refractivity contribution < 1.29 is 9.90 Å². The molecule has 1 unspecified atom stereocenters. The third kappa shape index (κ3) is 3.29. The molecule has 0 amide bonds. The van der Waals surface area contributed by atoms with Gasteiger partial charge in [0, 0.05) is 12.2 Å². The van der Waals surface area contributed by atoms with E-state index in [2.05, 4.69) is 21.0 Å². The largest absolute Gasteiger partial charge is 0.480 e. The van der Waals surface area contributed by atoms with Gasteiger partial charge in [-0.2, -0.15) is 5.10 Å². The van der Waals surface area contributed by atoms with Crippen LogP contribution in [-0.2, 0) is 11.3 Å². The van der Waals surface area contributed by atoms with Gasteiger partial charge in [0.15, 0.2) is 0 Å². The normalized spacial score (nSPS) is 14.6. The first kappa shape index (κ1) is 14.2. The van der Waals surface area contributed by atoms with Gasteiger partial charge in [-0.15, -0.1) is 0 Å². The molecule has 17 heavy (non-hydrogen) atoms. The summed E-state index contributed by atoms with van der Waals surface area (Å²) in [5, 5.41) is 13.2. The number of carbonyl (C=O) groups is 1. The quantitative estimate of drug-likeness (QED) is 0.870. The predicted octanol–water partition coefficient (Wildman–Crippen LogP) is 1.84. The van der Waals surface area contributed by atoms with Crippen molar-refractivity contribution in [3.05, 3.63) is 15.9 Å². The lowest BCUT2D eigenvalue weighted by molar-refractivity contribution is -0.142. The van der Waals surface area contributed by atoms with Crippen molar-refractivity contribution in [2.75, 3.05) is 0 Å². The Balaban J connectivity index is 2.57. The molecule has 5 nitrogen and oxygen atoms in total. The summed E-state index contributed by atoms with van der Waals surface area (Å²) in [4.78, 5) is 10.8. The number of nitrogens with two attached hydrogens (primary N) is 1. The van der Waals surface area contributed by atoms with E-state index in [9.17, 15) is 4.79 Å². The van der Waals surface area contributed by atoms with Crippen LogP contribution < -0.4 is 5.73 Å². The van der Waals surface area contributed by atoms with Gasteiger partial charge in [0.25, 0.3) is 0 Å². The third-order valence-electron chi connectivity index (χ3n) is 2.85. The van der Waals surface area contributed by atoms with Crippen LogP contribution in [0.25, 0.3) is 0 Å². The molecule has 6 heteroatoms. The van der Waals surface area contributed by atoms with Crippen molar-refractivity contribution in [3.8, 4) is 0 Å². The highest BCUT2D eigenvalue weighted by Gasteiger charge is 2.27. The molecule has 1 rings (SSSR count). The predicted molar refractivity (Wildman–Crippen MR) is 68.9 cm³/mol. The van der Waals surface area contributed by atoms with Gasteiger partial charge in [-0.1, -0.05) is 0 Å². The Hall–Kier alpha value is -0.880. The second-order valence-electron chi connectivity index (χ2n) is 4.53. The maximum absolute atomic E-state index is 10.8. The van der Waals surface area contributed by atoms with Crippen LogP contribution in [0.15, 0.2) is 4.47 Å². The molecule has 0 bridgehead atoms. The monoisotopic (exact) mass is 303 g/mol. The lowest BCUT2D eigenvalue weighted by Gasteiger charge is -2.18. The summed E-state index contributed by atoms with van der Waals surface area (Å²) in [7, 11) is 0. The average molecular weight is 304 g/mol. The molecule has 0 spiro atoms. The number of carboxylic acids is 1. The van der Waals surface area contributed by atoms with E-state index in [1.54, 1.807) is 0 Å². The number of hydrogen-bond donors (Lipinski definition) is 2. The number of hydrogen-bond acceptors (Lipinski definition) is 3. The van der Waals surface area contributed by atoms with Crippen LogP contribution in [0.5, 0.6) is 0 Å². The van der Waals surface area contributed by atoms with Crippen LogP contribution in [0.2, 0.25) is 0 Å². The highest BCUT2D eigenvalue weighted by molar-refractivity contribution is 9.10. The zero-order chi connectivity index (χ0) is 13.2. The second-order valence-corrected chi connectivity index (χ2v) is 5.33. The Morgan fingerprint density at radius 2 is 2.18 bits per heavy atom. The van der Waals surface area contributed by atoms with Crippen molar-refractivity contribution in [2.45, 2.75) is 45.7 Å². The Bertz CT molecular complexity index is 427. The van der Waals surface area contributed by atoms with Crippen molar-refractivity contribution >= 4 is 21.9 Å². The number of rotatable bonds is 5. The molecule has 0 fully saturated rings. The summed E-state index contributed by atoms with van der Waals surface area (Å²) in [6.45, 7) is 6.12. The van der Waals surface area contributed by atoms with Gasteiger partial charge in [-0.25, -0.2) is 0 Å². The summed E-state index contributed by atoms with van der Waals surface area (Å²) in [5.41, 5.74) is 6.49. The molecule has 1 heterocycles. The van der Waals surface area contributed by atoms with E-state index in [1.807, 2.05) is 18.5 Å². The number of aromatic nitrogens is 2. The van der Waals surface area contributed by atoms with Crippen LogP contribution >= 0.6 is 15.9 Å². The molecule has 0 radical (unpaired) electrons. The van der Waals surface area contributed by atoms with Crippen molar-refractivity contribution in [1.29, 1.82) is 0 Å². The summed E-state index contributed by atoms with van der Waals surface area (Å²) in [6, 6.07) is 0. The highest BCUT2D eigenvalue weighted by atomic mass is 79.9. The number of aryl methyl sites for hydroxylation is 2. The minimum absolute atomic E-state index is 0.429. The smallest absolute Gasteiger partial charge is 0.323 e. The summed E-state index contributed by atoms with van der Waals surface area (Å²) >= 11 is 3.45. The Labute approximate surface area is 109 Å². The first-order valence-corrected chi connectivity index (χ1v) is 6.27. The van der Waals surface area contributed by atoms with Crippen molar-refractivity contribution in [1.82, 2.24) is 9.78 Å². The van der Waals surface area contributed by atoms with Crippen molar-refractivity contribution in [3.63, 3.8) is 0 Å². The van der Waals surface area contributed by atoms with E-state index in [1.165, 1.54) is 6.92 Å². The number of carboxylic acid groups (broad SMARTS) is 1. The van der Waals surface area contributed by atoms with Gasteiger partial charge in [0.2, 0.25) is 0 Å². The Morgan fingerprint density at radius 1 is 1.59 bits per heavy atom. The maximum atomic E-state index is 10.8. The lowest BCUT2D eigenvalue weighted by atomic mass is 9.98. The first-order chi connectivity index (χ1) is 7.75. The van der Waals surface area contributed by atoms with E-state index >= 15 is 0 Å². The fourth-order valence-electron chi connectivity index (χ4n) is 1.60. The number of halogens is 1. The highest BCUT2D eigenvalue weighted by Crippen LogP contribution is 2.20. The number of nitrogens with zero attached hydrogens (tertiary/aromatic N) is 2. The molecule has 1 aromatic rings. The van der Waals surface area contributed by atoms with Gasteiger partial charge in [0.1, 0.15) is 5.54 Å². The lowest BCUT2D eigenvalue weighted by Crippen LogP contribution is -2.44. The molecule has 3 N–H and O–H groups in total. The summed E-state index contributed by atoms with van der Waals surface area (Å²) in [6.07, 6.45) is 1.12. The molecule has 0 aliphatic rings. The van der Waals surface area contributed by atoms with Crippen LogP contribution in [-0.4, -0.2) is 26.4 Å². The van der Waals surface area contributed by atoms with Crippen molar-refractivity contribution in [2.24, 2.45) is 5.73 Å². The zero-order valence-corrected chi connectivity index (χ0v) is 11.9. The molecular formula is C11H18BrN3O2. The second kappa shape index (κ2) is 5.18. The molecule has 0 saturated carbocycles. The fraction of sp³-hybridized carbons (Fsp3) is 0.636. The maximum Gasteiger partial charge on any atom is 0.323 e. The van der Waals surface area contributed by atoms with Gasteiger partial charge in [0.05, 0.1) is 10.2 Å². The van der Waals surface area contributed by atoms with Crippen LogP contribution in [0.1, 0.15) is 31.2 Å². The molecule has 0 aliphatic carbocycles. The summed E-state index contributed by atoms with van der Waals surface area (Å²) in [5.74, 6) is -0.966. The zero-order valence-electron chi connectivity index (χ0n) is 10.3.